The molecule has 1 rings (SSSR count). The van der Waals surface area contributed by atoms with E-state index in [4.69, 9.17) is 34.8 Å². The Balaban J connectivity index is 2.69. The van der Waals surface area contributed by atoms with Crippen molar-refractivity contribution in [3.8, 4) is 0 Å². The van der Waals surface area contributed by atoms with Crippen LogP contribution in [0.25, 0.3) is 0 Å². The number of hydrogen-bond donors (Lipinski definition) is 2. The van der Waals surface area contributed by atoms with Crippen molar-refractivity contribution in [1.82, 2.24) is 5.32 Å². The molecule has 0 heterocycles. The highest BCUT2D eigenvalue weighted by molar-refractivity contribution is 6.44. The van der Waals surface area contributed by atoms with Gasteiger partial charge in [-0.3, -0.25) is 4.79 Å². The minimum Gasteiger partial charge on any atom is -0.373 e. The van der Waals surface area contributed by atoms with Crippen molar-refractivity contribution in [3.63, 3.8) is 0 Å². The zero-order valence-corrected chi connectivity index (χ0v) is 12.4. The quantitative estimate of drug-likeness (QED) is 0.803. The molecule has 0 fully saturated rings. The van der Waals surface area contributed by atoms with Crippen LogP contribution in [0.3, 0.4) is 0 Å². The zero-order chi connectivity index (χ0) is 15.5. The molecule has 0 aromatic heterocycles. The minimum absolute atomic E-state index is 0.204. The molecule has 0 aliphatic rings. The predicted octanol–water partition coefficient (Wildman–Crippen LogP) is 4.13. The first kappa shape index (κ1) is 17.2. The van der Waals surface area contributed by atoms with Gasteiger partial charge in [0.15, 0.2) is 0 Å². The smallest absolute Gasteiger partial charge is 0.373 e. The van der Waals surface area contributed by atoms with Gasteiger partial charge in [-0.1, -0.05) is 34.8 Å². The van der Waals surface area contributed by atoms with E-state index in [1.165, 1.54) is 19.1 Å². The summed E-state index contributed by atoms with van der Waals surface area (Å²) in [6.45, 7) is -0.00247. The van der Waals surface area contributed by atoms with Gasteiger partial charge in [0.25, 0.3) is 0 Å². The fourth-order valence-electron chi connectivity index (χ4n) is 1.27. The highest BCUT2D eigenvalue weighted by atomic mass is 35.5. The Morgan fingerprint density at radius 3 is 2.30 bits per heavy atom. The van der Waals surface area contributed by atoms with Gasteiger partial charge >= 0.3 is 6.18 Å². The van der Waals surface area contributed by atoms with Crippen LogP contribution in [-0.4, -0.2) is 24.7 Å². The van der Waals surface area contributed by atoms with Crippen molar-refractivity contribution in [1.29, 1.82) is 0 Å². The van der Waals surface area contributed by atoms with Crippen molar-refractivity contribution in [3.05, 3.63) is 27.2 Å². The summed E-state index contributed by atoms with van der Waals surface area (Å²) in [6.07, 6.45) is -4.46. The Morgan fingerprint density at radius 2 is 1.75 bits per heavy atom. The zero-order valence-electron chi connectivity index (χ0n) is 10.1. The third kappa shape index (κ3) is 5.26. The van der Waals surface area contributed by atoms with Crippen LogP contribution in [0.4, 0.5) is 18.9 Å². The van der Waals surface area contributed by atoms with E-state index < -0.39 is 24.7 Å². The van der Waals surface area contributed by atoms with Gasteiger partial charge in [0, 0.05) is 0 Å². The summed E-state index contributed by atoms with van der Waals surface area (Å²) >= 11 is 17.4. The lowest BCUT2D eigenvalue weighted by atomic mass is 10.2. The number of nitrogens with one attached hydrogen (secondary N) is 2. The SMILES string of the molecule is CC(Nc1cc(Cl)c(Cl)cc1Cl)C(=O)NCC(F)(F)F. The molecule has 3 nitrogen and oxygen atoms in total. The summed E-state index contributed by atoms with van der Waals surface area (Å²) in [4.78, 5) is 11.5. The maximum Gasteiger partial charge on any atom is 0.405 e. The third-order valence-corrected chi connectivity index (χ3v) is 3.27. The van der Waals surface area contributed by atoms with E-state index in [0.29, 0.717) is 5.69 Å². The second-order valence-electron chi connectivity index (χ2n) is 3.95. The monoisotopic (exact) mass is 348 g/mol. The van der Waals surface area contributed by atoms with Crippen LogP contribution in [0.15, 0.2) is 12.1 Å². The second kappa shape index (κ2) is 6.74. The average Bonchev–Trinajstić information content (AvgIpc) is 2.31. The van der Waals surface area contributed by atoms with Crippen LogP contribution in [0.1, 0.15) is 6.92 Å². The molecule has 0 saturated heterocycles. The van der Waals surface area contributed by atoms with Crippen molar-refractivity contribution in [2.24, 2.45) is 0 Å². The number of carbonyl (C=O) groups is 1. The summed E-state index contributed by atoms with van der Waals surface area (Å²) in [5.74, 6) is -0.815. The fraction of sp³-hybridized carbons (Fsp3) is 0.364. The minimum atomic E-state index is -4.46. The van der Waals surface area contributed by atoms with Crippen LogP contribution in [0.2, 0.25) is 15.1 Å². The number of amides is 1. The lowest BCUT2D eigenvalue weighted by Gasteiger charge is -2.17. The van der Waals surface area contributed by atoms with Gasteiger partial charge in [0.2, 0.25) is 5.91 Å². The molecule has 0 saturated carbocycles. The van der Waals surface area contributed by atoms with E-state index >= 15 is 0 Å². The molecule has 112 valence electrons. The summed E-state index contributed by atoms with van der Waals surface area (Å²) in [5.41, 5.74) is 0.302. The number of alkyl halides is 3. The highest BCUT2D eigenvalue weighted by Gasteiger charge is 2.28. The number of rotatable bonds is 4. The molecule has 20 heavy (non-hydrogen) atoms. The van der Waals surface area contributed by atoms with Crippen molar-refractivity contribution in [2.45, 2.75) is 19.1 Å². The Labute approximate surface area is 128 Å². The first-order valence-corrected chi connectivity index (χ1v) is 6.49. The molecule has 0 radical (unpaired) electrons. The van der Waals surface area contributed by atoms with Crippen LogP contribution in [0.5, 0.6) is 0 Å². The van der Waals surface area contributed by atoms with E-state index in [1.54, 1.807) is 5.32 Å². The molecule has 1 atom stereocenters. The van der Waals surface area contributed by atoms with Crippen LogP contribution in [-0.2, 0) is 4.79 Å². The largest absolute Gasteiger partial charge is 0.405 e. The van der Waals surface area contributed by atoms with Gasteiger partial charge in [0.05, 0.1) is 20.8 Å². The molecule has 1 aromatic carbocycles. The lowest BCUT2D eigenvalue weighted by Crippen LogP contribution is -2.42. The van der Waals surface area contributed by atoms with Crippen molar-refractivity contribution >= 4 is 46.4 Å². The Kier molecular flexibility index (Phi) is 5.79. The Bertz CT molecular complexity index is 508. The van der Waals surface area contributed by atoms with Crippen molar-refractivity contribution in [2.75, 3.05) is 11.9 Å². The van der Waals surface area contributed by atoms with E-state index in [-0.39, 0.29) is 15.1 Å². The predicted molar refractivity (Wildman–Crippen MR) is 73.6 cm³/mol. The molecule has 0 bridgehead atoms. The van der Waals surface area contributed by atoms with Gasteiger partial charge in [-0.2, -0.15) is 13.2 Å². The topological polar surface area (TPSA) is 41.1 Å². The maximum atomic E-state index is 12.0. The molecular weight excluding hydrogens is 339 g/mol. The molecule has 1 aromatic rings. The van der Waals surface area contributed by atoms with Gasteiger partial charge in [-0.25, -0.2) is 0 Å². The molecule has 9 heteroatoms. The van der Waals surface area contributed by atoms with E-state index in [2.05, 4.69) is 5.32 Å². The Morgan fingerprint density at radius 1 is 1.20 bits per heavy atom. The molecule has 0 spiro atoms. The molecule has 0 aliphatic carbocycles. The van der Waals surface area contributed by atoms with Gasteiger partial charge in [0.1, 0.15) is 12.6 Å². The van der Waals surface area contributed by atoms with Gasteiger partial charge in [-0.05, 0) is 19.1 Å². The number of halogens is 6. The molecule has 1 amide bonds. The molecule has 1 unspecified atom stereocenters. The summed E-state index contributed by atoms with van der Waals surface area (Å²) in [6, 6.07) is 1.83. The van der Waals surface area contributed by atoms with Crippen LogP contribution in [0, 0.1) is 0 Å². The van der Waals surface area contributed by atoms with Crippen LogP contribution >= 0.6 is 34.8 Å². The number of anilines is 1. The number of carbonyl (C=O) groups excluding carboxylic acids is 1. The lowest BCUT2D eigenvalue weighted by molar-refractivity contribution is -0.138. The molecule has 2 N–H and O–H groups in total. The first-order chi connectivity index (χ1) is 9.10. The van der Waals surface area contributed by atoms with E-state index in [1.807, 2.05) is 0 Å². The molecular formula is C11H10Cl3F3N2O. The van der Waals surface area contributed by atoms with Crippen molar-refractivity contribution < 1.29 is 18.0 Å². The molecule has 0 aliphatic heterocycles. The third-order valence-electron chi connectivity index (χ3n) is 2.24. The van der Waals surface area contributed by atoms with E-state index in [9.17, 15) is 18.0 Å². The van der Waals surface area contributed by atoms with E-state index in [0.717, 1.165) is 0 Å². The normalized spacial score (nSPS) is 12.9. The van der Waals surface area contributed by atoms with Gasteiger partial charge < -0.3 is 10.6 Å². The number of benzene rings is 1. The van der Waals surface area contributed by atoms with Gasteiger partial charge in [-0.15, -0.1) is 0 Å². The maximum absolute atomic E-state index is 12.0. The summed E-state index contributed by atoms with van der Waals surface area (Å²) < 4.78 is 35.9. The second-order valence-corrected chi connectivity index (χ2v) is 5.17. The first-order valence-electron chi connectivity index (χ1n) is 5.35. The summed E-state index contributed by atoms with van der Waals surface area (Å²) in [7, 11) is 0. The van der Waals surface area contributed by atoms with Crippen LogP contribution < -0.4 is 10.6 Å². The highest BCUT2D eigenvalue weighted by Crippen LogP contribution is 2.32. The average molecular weight is 350 g/mol. The summed E-state index contributed by atoms with van der Waals surface area (Å²) in [5, 5.41) is 5.07. The Hall–Kier alpha value is -0.850. The number of hydrogen-bond acceptors (Lipinski definition) is 2. The fourth-order valence-corrected chi connectivity index (χ4v) is 1.87. The standard InChI is InChI=1S/C11H10Cl3F3N2O/c1-5(10(20)18-4-11(15,16)17)19-9-3-7(13)6(12)2-8(9)14/h2-3,5,19H,4H2,1H3,(H,18,20).